The minimum atomic E-state index is -0.753. The van der Waals surface area contributed by atoms with Gasteiger partial charge < -0.3 is 10.2 Å². The van der Waals surface area contributed by atoms with Crippen LogP contribution in [-0.4, -0.2) is 40.8 Å². The van der Waals surface area contributed by atoms with E-state index in [4.69, 9.17) is 10.2 Å². The second-order valence-corrected chi connectivity index (χ2v) is 4.34. The van der Waals surface area contributed by atoms with Gasteiger partial charge in [0.2, 0.25) is 0 Å². The molecule has 0 aliphatic carbocycles. The molecule has 4 heteroatoms. The maximum absolute atomic E-state index is 10.5. The number of rotatable bonds is 9. The predicted molar refractivity (Wildman–Crippen MR) is 70.3 cm³/mol. The average Bonchev–Trinajstić information content (AvgIpc) is 2.36. The van der Waals surface area contributed by atoms with Crippen LogP contribution < -0.4 is 0 Å². The van der Waals surface area contributed by atoms with Crippen LogP contribution >= 0.6 is 0 Å². The van der Waals surface area contributed by atoms with Gasteiger partial charge in [-0.3, -0.25) is 9.69 Å². The molecule has 0 amide bonds. The van der Waals surface area contributed by atoms with Gasteiger partial charge >= 0.3 is 5.97 Å². The first kappa shape index (κ1) is 14.7. The van der Waals surface area contributed by atoms with Crippen molar-refractivity contribution in [3.8, 4) is 0 Å². The third kappa shape index (κ3) is 6.37. The van der Waals surface area contributed by atoms with Crippen LogP contribution in [-0.2, 0) is 11.3 Å². The van der Waals surface area contributed by atoms with E-state index >= 15 is 0 Å². The summed E-state index contributed by atoms with van der Waals surface area (Å²) in [5.74, 6) is -0.753. The second kappa shape index (κ2) is 8.66. The molecule has 0 saturated carbocycles. The fourth-order valence-electron chi connectivity index (χ4n) is 1.86. The number of hydrogen-bond acceptors (Lipinski definition) is 3. The van der Waals surface area contributed by atoms with Crippen molar-refractivity contribution in [1.29, 1.82) is 0 Å². The molecule has 2 N–H and O–H groups in total. The Hall–Kier alpha value is -1.39. The Morgan fingerprint density at radius 1 is 1.11 bits per heavy atom. The van der Waals surface area contributed by atoms with Crippen molar-refractivity contribution < 1.29 is 15.0 Å². The van der Waals surface area contributed by atoms with Crippen LogP contribution in [0.25, 0.3) is 0 Å². The van der Waals surface area contributed by atoms with Crippen LogP contribution in [0.1, 0.15) is 24.8 Å². The van der Waals surface area contributed by atoms with Crippen LogP contribution in [0, 0.1) is 0 Å². The Bertz CT molecular complexity index is 340. The number of benzene rings is 1. The predicted octanol–water partition coefficient (Wildman–Crippen LogP) is 1.74. The lowest BCUT2D eigenvalue weighted by Crippen LogP contribution is -2.26. The van der Waals surface area contributed by atoms with Gasteiger partial charge in [0.1, 0.15) is 0 Å². The van der Waals surface area contributed by atoms with Crippen molar-refractivity contribution in [3.05, 3.63) is 35.9 Å². The molecule has 0 aromatic heterocycles. The van der Waals surface area contributed by atoms with Crippen molar-refractivity contribution >= 4 is 5.97 Å². The van der Waals surface area contributed by atoms with Gasteiger partial charge in [-0.2, -0.15) is 0 Å². The molecule has 0 radical (unpaired) electrons. The lowest BCUT2D eigenvalue weighted by molar-refractivity contribution is -0.137. The van der Waals surface area contributed by atoms with E-state index in [2.05, 4.69) is 17.0 Å². The molecule has 100 valence electrons. The largest absolute Gasteiger partial charge is 0.481 e. The van der Waals surface area contributed by atoms with E-state index < -0.39 is 5.97 Å². The molecule has 0 saturated heterocycles. The van der Waals surface area contributed by atoms with Gasteiger partial charge in [0.05, 0.1) is 0 Å². The van der Waals surface area contributed by atoms with E-state index in [9.17, 15) is 4.79 Å². The SMILES string of the molecule is O=C(O)CCCN(CCCO)Cc1ccccc1. The average molecular weight is 251 g/mol. The summed E-state index contributed by atoms with van der Waals surface area (Å²) >= 11 is 0. The lowest BCUT2D eigenvalue weighted by Gasteiger charge is -2.21. The number of carboxylic acids is 1. The molecule has 0 unspecified atom stereocenters. The quantitative estimate of drug-likeness (QED) is 0.701. The van der Waals surface area contributed by atoms with Crippen molar-refractivity contribution in [2.75, 3.05) is 19.7 Å². The highest BCUT2D eigenvalue weighted by Crippen LogP contribution is 2.06. The van der Waals surface area contributed by atoms with Gasteiger partial charge in [-0.1, -0.05) is 30.3 Å². The van der Waals surface area contributed by atoms with E-state index in [1.165, 1.54) is 5.56 Å². The Kier molecular flexibility index (Phi) is 7.06. The van der Waals surface area contributed by atoms with E-state index in [0.717, 1.165) is 26.1 Å². The first-order valence-corrected chi connectivity index (χ1v) is 6.31. The zero-order valence-corrected chi connectivity index (χ0v) is 10.6. The molecule has 0 spiro atoms. The van der Waals surface area contributed by atoms with Gasteiger partial charge in [-0.05, 0) is 24.9 Å². The molecule has 0 aliphatic rings. The lowest BCUT2D eigenvalue weighted by atomic mass is 10.2. The minimum absolute atomic E-state index is 0.171. The number of aliphatic hydroxyl groups is 1. The first-order chi connectivity index (χ1) is 8.72. The Balaban J connectivity index is 2.42. The van der Waals surface area contributed by atoms with Crippen molar-refractivity contribution in [1.82, 2.24) is 4.90 Å². The van der Waals surface area contributed by atoms with Crippen molar-refractivity contribution in [2.24, 2.45) is 0 Å². The Morgan fingerprint density at radius 2 is 1.78 bits per heavy atom. The van der Waals surface area contributed by atoms with Crippen LogP contribution in [0.15, 0.2) is 30.3 Å². The van der Waals surface area contributed by atoms with Crippen LogP contribution in [0.4, 0.5) is 0 Å². The van der Waals surface area contributed by atoms with E-state index in [1.54, 1.807) is 0 Å². The summed E-state index contributed by atoms with van der Waals surface area (Å²) in [6.45, 7) is 2.52. The van der Waals surface area contributed by atoms with Gasteiger partial charge in [-0.25, -0.2) is 0 Å². The number of carboxylic acid groups (broad SMARTS) is 1. The summed E-state index contributed by atoms with van der Waals surface area (Å²) in [7, 11) is 0. The number of aliphatic hydroxyl groups excluding tert-OH is 1. The highest BCUT2D eigenvalue weighted by molar-refractivity contribution is 5.66. The standard InChI is InChI=1S/C14H21NO3/c16-11-5-10-15(9-4-8-14(17)18)12-13-6-2-1-3-7-13/h1-3,6-7,16H,4-5,8-12H2,(H,17,18). The Labute approximate surface area is 108 Å². The zero-order chi connectivity index (χ0) is 13.2. The van der Waals surface area contributed by atoms with Gasteiger partial charge in [0, 0.05) is 26.1 Å². The second-order valence-electron chi connectivity index (χ2n) is 4.34. The monoisotopic (exact) mass is 251 g/mol. The van der Waals surface area contributed by atoms with Gasteiger partial charge in [0.15, 0.2) is 0 Å². The number of hydrogen-bond donors (Lipinski definition) is 2. The number of carbonyl (C=O) groups is 1. The van der Waals surface area contributed by atoms with Crippen molar-refractivity contribution in [2.45, 2.75) is 25.8 Å². The maximum atomic E-state index is 10.5. The molecule has 1 rings (SSSR count). The maximum Gasteiger partial charge on any atom is 0.303 e. The summed E-state index contributed by atoms with van der Waals surface area (Å²) in [5, 5.41) is 17.5. The Morgan fingerprint density at radius 3 is 2.39 bits per heavy atom. The van der Waals surface area contributed by atoms with E-state index in [0.29, 0.717) is 6.42 Å². The summed E-state index contributed by atoms with van der Waals surface area (Å²) < 4.78 is 0. The van der Waals surface area contributed by atoms with Gasteiger partial charge in [0.25, 0.3) is 0 Å². The van der Waals surface area contributed by atoms with Crippen LogP contribution in [0.5, 0.6) is 0 Å². The topological polar surface area (TPSA) is 60.8 Å². The van der Waals surface area contributed by atoms with E-state index in [-0.39, 0.29) is 13.0 Å². The molecule has 0 bridgehead atoms. The first-order valence-electron chi connectivity index (χ1n) is 6.31. The van der Waals surface area contributed by atoms with Crippen molar-refractivity contribution in [3.63, 3.8) is 0 Å². The molecule has 0 aliphatic heterocycles. The third-order valence-electron chi connectivity index (χ3n) is 2.75. The fraction of sp³-hybridized carbons (Fsp3) is 0.500. The fourth-order valence-corrected chi connectivity index (χ4v) is 1.86. The highest BCUT2D eigenvalue weighted by atomic mass is 16.4. The summed E-state index contributed by atoms with van der Waals surface area (Å²) in [6.07, 6.45) is 1.57. The molecule has 18 heavy (non-hydrogen) atoms. The molecule has 1 aromatic carbocycles. The molecule has 0 fully saturated rings. The molecular weight excluding hydrogens is 230 g/mol. The normalized spacial score (nSPS) is 10.8. The highest BCUT2D eigenvalue weighted by Gasteiger charge is 2.06. The third-order valence-corrected chi connectivity index (χ3v) is 2.75. The zero-order valence-electron chi connectivity index (χ0n) is 10.6. The number of aliphatic carboxylic acids is 1. The summed E-state index contributed by atoms with van der Waals surface area (Å²) in [4.78, 5) is 12.7. The molecule has 4 nitrogen and oxygen atoms in total. The van der Waals surface area contributed by atoms with Gasteiger partial charge in [-0.15, -0.1) is 0 Å². The van der Waals surface area contributed by atoms with E-state index in [1.807, 2.05) is 18.2 Å². The smallest absolute Gasteiger partial charge is 0.303 e. The minimum Gasteiger partial charge on any atom is -0.481 e. The summed E-state index contributed by atoms with van der Waals surface area (Å²) in [6, 6.07) is 10.1. The molecule has 1 aromatic rings. The molecular formula is C14H21NO3. The molecule has 0 atom stereocenters. The summed E-state index contributed by atoms with van der Waals surface area (Å²) in [5.41, 5.74) is 1.21. The van der Waals surface area contributed by atoms with Crippen LogP contribution in [0.3, 0.4) is 0 Å². The van der Waals surface area contributed by atoms with Crippen LogP contribution in [0.2, 0.25) is 0 Å². The molecule has 0 heterocycles. The number of nitrogens with zero attached hydrogens (tertiary/aromatic N) is 1.